The lowest BCUT2D eigenvalue weighted by Gasteiger charge is -2.02. The number of sulfone groups is 1. The first-order valence-electron chi connectivity index (χ1n) is 10.5. The average molecular weight is 536 g/mol. The van der Waals surface area contributed by atoms with Gasteiger partial charge in [0, 0.05) is 35.3 Å². The van der Waals surface area contributed by atoms with Gasteiger partial charge in [0.05, 0.1) is 10.7 Å². The minimum atomic E-state index is -3.84. The molecule has 0 spiro atoms. The van der Waals surface area contributed by atoms with Crippen molar-refractivity contribution in [3.05, 3.63) is 93.2 Å². The molecule has 0 aliphatic heterocycles. The quantitative estimate of drug-likeness (QED) is 0.147. The molecule has 0 saturated carbocycles. The van der Waals surface area contributed by atoms with E-state index in [1.807, 2.05) is 0 Å². The van der Waals surface area contributed by atoms with Gasteiger partial charge in [0.1, 0.15) is 23.2 Å². The summed E-state index contributed by atoms with van der Waals surface area (Å²) < 4.78 is 34.7. The van der Waals surface area contributed by atoms with E-state index in [2.05, 4.69) is 14.7 Å². The van der Waals surface area contributed by atoms with E-state index in [9.17, 15) is 28.6 Å². The van der Waals surface area contributed by atoms with Crippen molar-refractivity contribution < 1.29 is 22.6 Å². The highest BCUT2D eigenvalue weighted by Gasteiger charge is 2.22. The Kier molecular flexibility index (Phi) is 7.23. The van der Waals surface area contributed by atoms with Gasteiger partial charge in [-0.2, -0.15) is 14.6 Å². The number of hydrogen-bond donors (Lipinski definition) is 1. The minimum absolute atomic E-state index is 0.0925. The highest BCUT2D eigenvalue weighted by molar-refractivity contribution is 7.90. The number of furan rings is 1. The van der Waals surface area contributed by atoms with Crippen molar-refractivity contribution in [3.8, 4) is 17.4 Å². The van der Waals surface area contributed by atoms with E-state index < -0.39 is 25.8 Å². The third-order valence-electron chi connectivity index (χ3n) is 5.08. The van der Waals surface area contributed by atoms with Crippen LogP contribution in [0.4, 0.5) is 10.8 Å². The Morgan fingerprint density at radius 1 is 1.22 bits per heavy atom. The second-order valence-corrected chi connectivity index (χ2v) is 10.3. The smallest absolute Gasteiger partial charge is 0.270 e. The molecule has 2 aromatic heterocycles. The number of nitro benzene ring substituents is 1. The first kappa shape index (κ1) is 25.4. The molecule has 0 radical (unpaired) electrons. The lowest BCUT2D eigenvalue weighted by Crippen LogP contribution is -2.13. The predicted molar refractivity (Wildman–Crippen MR) is 135 cm³/mol. The number of carbonyl (C=O) groups excluding carboxylic acids is 1. The molecule has 2 heterocycles. The topological polar surface area (TPSA) is 169 Å². The van der Waals surface area contributed by atoms with Gasteiger partial charge in [-0.1, -0.05) is 36.4 Å². The van der Waals surface area contributed by atoms with Crippen molar-refractivity contribution >= 4 is 44.2 Å². The number of amides is 1. The Bertz CT molecular complexity index is 1670. The van der Waals surface area contributed by atoms with Crippen molar-refractivity contribution in [2.45, 2.75) is 17.8 Å². The summed E-state index contributed by atoms with van der Waals surface area (Å²) in [6.07, 6.45) is 1.19. The van der Waals surface area contributed by atoms with E-state index in [0.717, 1.165) is 5.56 Å². The molecule has 1 N–H and O–H groups in total. The van der Waals surface area contributed by atoms with Crippen LogP contribution in [0.3, 0.4) is 0 Å². The van der Waals surface area contributed by atoms with Crippen LogP contribution in [-0.4, -0.2) is 28.6 Å². The van der Waals surface area contributed by atoms with E-state index in [4.69, 9.17) is 4.42 Å². The monoisotopic (exact) mass is 535 g/mol. The van der Waals surface area contributed by atoms with Gasteiger partial charge in [0.25, 0.3) is 16.8 Å². The van der Waals surface area contributed by atoms with Gasteiger partial charge in [-0.3, -0.25) is 20.2 Å². The van der Waals surface area contributed by atoms with Crippen LogP contribution in [0.2, 0.25) is 0 Å². The second-order valence-electron chi connectivity index (χ2n) is 7.71. The predicted octanol–water partition coefficient (Wildman–Crippen LogP) is 4.53. The Labute approximate surface area is 215 Å². The molecule has 0 aliphatic carbocycles. The van der Waals surface area contributed by atoms with Crippen LogP contribution in [0.25, 0.3) is 17.4 Å². The molecule has 11 nitrogen and oxygen atoms in total. The minimum Gasteiger partial charge on any atom is -0.457 e. The van der Waals surface area contributed by atoms with Crippen LogP contribution >= 0.6 is 11.5 Å². The number of nitrogens with zero attached hydrogens (tertiary/aromatic N) is 4. The fourth-order valence-corrected chi connectivity index (χ4v) is 5.35. The number of anilines is 1. The maximum Gasteiger partial charge on any atom is 0.270 e. The number of nitrogens with one attached hydrogen (secondary N) is 1. The number of aromatic nitrogens is 2. The fourth-order valence-electron chi connectivity index (χ4n) is 3.26. The van der Waals surface area contributed by atoms with Crippen LogP contribution < -0.4 is 5.32 Å². The van der Waals surface area contributed by atoms with Gasteiger partial charge >= 0.3 is 0 Å². The number of aryl methyl sites for hydroxylation is 1. The normalized spacial score (nSPS) is 11.6. The summed E-state index contributed by atoms with van der Waals surface area (Å²) in [5, 5.41) is 22.4. The van der Waals surface area contributed by atoms with Crippen molar-refractivity contribution in [1.29, 1.82) is 5.26 Å². The lowest BCUT2D eigenvalue weighted by atomic mass is 10.1. The van der Waals surface area contributed by atoms with Gasteiger partial charge in [0.2, 0.25) is 15.0 Å². The summed E-state index contributed by atoms with van der Waals surface area (Å²) in [5.41, 5.74) is 1.36. The zero-order chi connectivity index (χ0) is 26.6. The first-order chi connectivity index (χ1) is 17.7. The standard InChI is InChI=1S/C24H17N5O6S2/c1-15-7-8-18(29(31)32)12-20(15)21-10-9-19(35-21)11-17(13-25)22(30)26-23-27-24(28-36-23)37(33,34)14-16-5-3-2-4-6-16/h2-12H,14H2,1H3,(H,26,27,28,30)/b17-11-. The lowest BCUT2D eigenvalue weighted by molar-refractivity contribution is -0.384. The van der Waals surface area contributed by atoms with Crippen molar-refractivity contribution in [3.63, 3.8) is 0 Å². The number of hydrogen-bond acceptors (Lipinski definition) is 10. The number of non-ortho nitro benzene ring substituents is 1. The molecule has 2 aromatic carbocycles. The van der Waals surface area contributed by atoms with Crippen molar-refractivity contribution in [1.82, 2.24) is 9.36 Å². The molecule has 0 aliphatic rings. The summed E-state index contributed by atoms with van der Waals surface area (Å²) in [7, 11) is -3.84. The molecule has 0 unspecified atom stereocenters. The first-order valence-corrected chi connectivity index (χ1v) is 13.0. The van der Waals surface area contributed by atoms with E-state index in [1.165, 1.54) is 24.3 Å². The molecule has 4 aromatic rings. The summed E-state index contributed by atoms with van der Waals surface area (Å²) in [4.78, 5) is 27.1. The largest absolute Gasteiger partial charge is 0.457 e. The number of carbonyl (C=O) groups is 1. The van der Waals surface area contributed by atoms with Crippen molar-refractivity contribution in [2.75, 3.05) is 5.32 Å². The van der Waals surface area contributed by atoms with Gasteiger partial charge in [-0.05, 0) is 30.2 Å². The molecule has 4 rings (SSSR count). The zero-order valence-corrected chi connectivity index (χ0v) is 20.7. The van der Waals surface area contributed by atoms with Crippen LogP contribution in [0.15, 0.2) is 75.8 Å². The highest BCUT2D eigenvalue weighted by Crippen LogP contribution is 2.30. The SMILES string of the molecule is Cc1ccc([N+](=O)[O-])cc1-c1ccc(/C=C(/C#N)C(=O)Nc2nc(S(=O)(=O)Cc3ccccc3)ns2)o1. The van der Waals surface area contributed by atoms with Crippen LogP contribution in [0.5, 0.6) is 0 Å². The number of nitriles is 1. The van der Waals surface area contributed by atoms with Gasteiger partial charge in [-0.25, -0.2) is 8.42 Å². The van der Waals surface area contributed by atoms with Gasteiger partial charge < -0.3 is 4.42 Å². The molecular formula is C24H17N5O6S2. The zero-order valence-electron chi connectivity index (χ0n) is 19.1. The van der Waals surface area contributed by atoms with E-state index >= 15 is 0 Å². The highest BCUT2D eigenvalue weighted by atomic mass is 32.2. The summed E-state index contributed by atoms with van der Waals surface area (Å²) in [6, 6.07) is 17.7. The summed E-state index contributed by atoms with van der Waals surface area (Å²) >= 11 is 0.669. The third kappa shape index (κ3) is 5.95. The molecule has 0 fully saturated rings. The van der Waals surface area contributed by atoms with Crippen LogP contribution in [0.1, 0.15) is 16.9 Å². The van der Waals surface area contributed by atoms with Gasteiger partial charge in [-0.15, -0.1) is 0 Å². The Morgan fingerprint density at radius 3 is 2.68 bits per heavy atom. The van der Waals surface area contributed by atoms with Crippen molar-refractivity contribution in [2.24, 2.45) is 0 Å². The van der Waals surface area contributed by atoms with Gasteiger partial charge in [0.15, 0.2) is 0 Å². The van der Waals surface area contributed by atoms with E-state index in [-0.39, 0.29) is 27.9 Å². The second kappa shape index (κ2) is 10.5. The Hall–Kier alpha value is -4.67. The molecule has 0 atom stereocenters. The molecule has 37 heavy (non-hydrogen) atoms. The number of benzene rings is 2. The molecule has 1 amide bonds. The molecule has 0 saturated heterocycles. The Morgan fingerprint density at radius 2 is 1.97 bits per heavy atom. The number of rotatable bonds is 8. The van der Waals surface area contributed by atoms with Crippen LogP contribution in [-0.2, 0) is 20.4 Å². The van der Waals surface area contributed by atoms with Crippen LogP contribution in [0, 0.1) is 28.4 Å². The molecular weight excluding hydrogens is 518 g/mol. The summed E-state index contributed by atoms with van der Waals surface area (Å²) in [5.74, 6) is -0.653. The molecule has 186 valence electrons. The van der Waals surface area contributed by atoms with E-state index in [0.29, 0.717) is 28.4 Å². The third-order valence-corrected chi connectivity index (χ3v) is 7.28. The maximum absolute atomic E-state index is 12.6. The molecule has 0 bridgehead atoms. The number of nitro groups is 1. The molecule has 13 heteroatoms. The fraction of sp³-hybridized carbons (Fsp3) is 0.0833. The maximum atomic E-state index is 12.6. The Balaban J connectivity index is 1.50. The van der Waals surface area contributed by atoms with E-state index in [1.54, 1.807) is 55.5 Å². The summed E-state index contributed by atoms with van der Waals surface area (Å²) in [6.45, 7) is 1.77. The average Bonchev–Trinajstić information content (AvgIpc) is 3.53.